The summed E-state index contributed by atoms with van der Waals surface area (Å²) in [6.45, 7) is 1.95. The Morgan fingerprint density at radius 1 is 1.44 bits per heavy atom. The van der Waals surface area contributed by atoms with Gasteiger partial charge in [-0.1, -0.05) is 6.92 Å². The molecule has 1 saturated carbocycles. The molecule has 2 nitrogen and oxygen atoms in total. The molecule has 1 aliphatic carbocycles. The SMILES string of the molecule is CCCC(=O)N(C)C1CC1c1cc(F)ccc1F. The first-order chi connectivity index (χ1) is 8.54. The summed E-state index contributed by atoms with van der Waals surface area (Å²) < 4.78 is 26.7. The Hall–Kier alpha value is -1.45. The highest BCUT2D eigenvalue weighted by atomic mass is 19.1. The van der Waals surface area contributed by atoms with Gasteiger partial charge in [-0.25, -0.2) is 8.78 Å². The summed E-state index contributed by atoms with van der Waals surface area (Å²) in [6.07, 6.45) is 2.02. The second-order valence-electron chi connectivity index (χ2n) is 4.83. The maximum atomic E-state index is 13.6. The third-order valence-electron chi connectivity index (χ3n) is 3.47. The highest BCUT2D eigenvalue weighted by Crippen LogP contribution is 2.45. The summed E-state index contributed by atoms with van der Waals surface area (Å²) in [5.41, 5.74) is 0.385. The molecule has 0 aliphatic heterocycles. The Morgan fingerprint density at radius 3 is 2.83 bits per heavy atom. The van der Waals surface area contributed by atoms with Crippen LogP contribution in [0, 0.1) is 11.6 Å². The summed E-state index contributed by atoms with van der Waals surface area (Å²) in [5.74, 6) is -0.812. The number of nitrogens with zero attached hydrogens (tertiary/aromatic N) is 1. The van der Waals surface area contributed by atoms with Crippen LogP contribution in [0.3, 0.4) is 0 Å². The van der Waals surface area contributed by atoms with Crippen LogP contribution in [-0.4, -0.2) is 23.9 Å². The molecule has 0 spiro atoms. The quantitative estimate of drug-likeness (QED) is 0.807. The average Bonchev–Trinajstić information content (AvgIpc) is 3.11. The third kappa shape index (κ3) is 2.52. The fourth-order valence-corrected chi connectivity index (χ4v) is 2.32. The lowest BCUT2D eigenvalue weighted by Gasteiger charge is -2.17. The van der Waals surface area contributed by atoms with Crippen LogP contribution in [0.5, 0.6) is 0 Å². The molecule has 0 N–H and O–H groups in total. The summed E-state index contributed by atoms with van der Waals surface area (Å²) >= 11 is 0. The van der Waals surface area contributed by atoms with E-state index in [-0.39, 0.29) is 23.7 Å². The minimum Gasteiger partial charge on any atom is -0.342 e. The zero-order valence-corrected chi connectivity index (χ0v) is 10.6. The van der Waals surface area contributed by atoms with Crippen molar-refractivity contribution in [2.24, 2.45) is 0 Å². The van der Waals surface area contributed by atoms with E-state index < -0.39 is 5.82 Å². The molecule has 2 atom stereocenters. The number of halogens is 2. The van der Waals surface area contributed by atoms with Crippen molar-refractivity contribution in [3.8, 4) is 0 Å². The number of rotatable bonds is 4. The predicted molar refractivity (Wildman–Crippen MR) is 65.2 cm³/mol. The van der Waals surface area contributed by atoms with Crippen molar-refractivity contribution in [3.63, 3.8) is 0 Å². The van der Waals surface area contributed by atoms with Crippen LogP contribution in [0.25, 0.3) is 0 Å². The number of carbonyl (C=O) groups excluding carboxylic acids is 1. The molecular formula is C14H17F2NO. The molecule has 18 heavy (non-hydrogen) atoms. The Balaban J connectivity index is 2.06. The fraction of sp³-hybridized carbons (Fsp3) is 0.500. The van der Waals surface area contributed by atoms with Gasteiger partial charge in [-0.3, -0.25) is 4.79 Å². The van der Waals surface area contributed by atoms with E-state index in [2.05, 4.69) is 0 Å². The minimum atomic E-state index is -0.431. The number of likely N-dealkylation sites (N-methyl/N-ethyl adjacent to an activating group) is 1. The van der Waals surface area contributed by atoms with E-state index >= 15 is 0 Å². The molecule has 0 radical (unpaired) electrons. The van der Waals surface area contributed by atoms with Crippen LogP contribution in [0.2, 0.25) is 0 Å². The molecular weight excluding hydrogens is 236 g/mol. The van der Waals surface area contributed by atoms with Crippen molar-refractivity contribution >= 4 is 5.91 Å². The van der Waals surface area contributed by atoms with Gasteiger partial charge in [0.1, 0.15) is 11.6 Å². The topological polar surface area (TPSA) is 20.3 Å². The van der Waals surface area contributed by atoms with Gasteiger partial charge in [0.15, 0.2) is 0 Å². The zero-order chi connectivity index (χ0) is 13.3. The van der Waals surface area contributed by atoms with E-state index in [0.717, 1.165) is 18.6 Å². The Labute approximate surface area is 106 Å². The monoisotopic (exact) mass is 253 g/mol. The lowest BCUT2D eigenvalue weighted by molar-refractivity contribution is -0.130. The minimum absolute atomic E-state index is 0.0142. The molecule has 2 rings (SSSR count). The molecule has 0 bridgehead atoms. The smallest absolute Gasteiger partial charge is 0.222 e. The van der Waals surface area contributed by atoms with Crippen molar-refractivity contribution in [1.29, 1.82) is 0 Å². The molecule has 0 heterocycles. The zero-order valence-electron chi connectivity index (χ0n) is 10.6. The van der Waals surface area contributed by atoms with E-state index in [1.54, 1.807) is 11.9 Å². The van der Waals surface area contributed by atoms with Gasteiger partial charge in [-0.15, -0.1) is 0 Å². The fourth-order valence-electron chi connectivity index (χ4n) is 2.32. The normalized spacial score (nSPS) is 21.8. The molecule has 98 valence electrons. The molecule has 0 aromatic heterocycles. The van der Waals surface area contributed by atoms with Crippen LogP contribution >= 0.6 is 0 Å². The first kappa shape index (κ1) is 13.0. The van der Waals surface area contributed by atoms with Gasteiger partial charge in [0.2, 0.25) is 5.91 Å². The number of amides is 1. The van der Waals surface area contributed by atoms with Crippen LogP contribution in [0.15, 0.2) is 18.2 Å². The van der Waals surface area contributed by atoms with Gasteiger partial charge in [0.05, 0.1) is 0 Å². The van der Waals surface area contributed by atoms with Gasteiger partial charge in [0, 0.05) is 25.4 Å². The number of benzene rings is 1. The van der Waals surface area contributed by atoms with Crippen LogP contribution in [-0.2, 0) is 4.79 Å². The van der Waals surface area contributed by atoms with Crippen molar-refractivity contribution in [1.82, 2.24) is 4.90 Å². The van der Waals surface area contributed by atoms with Crippen molar-refractivity contribution in [2.75, 3.05) is 7.05 Å². The van der Waals surface area contributed by atoms with Crippen LogP contribution in [0.4, 0.5) is 8.78 Å². The average molecular weight is 253 g/mol. The first-order valence-corrected chi connectivity index (χ1v) is 6.25. The van der Waals surface area contributed by atoms with Crippen molar-refractivity contribution in [2.45, 2.75) is 38.1 Å². The lowest BCUT2D eigenvalue weighted by Crippen LogP contribution is -2.29. The van der Waals surface area contributed by atoms with E-state index in [9.17, 15) is 13.6 Å². The van der Waals surface area contributed by atoms with Gasteiger partial charge in [-0.05, 0) is 36.6 Å². The first-order valence-electron chi connectivity index (χ1n) is 6.25. The Bertz CT molecular complexity index is 461. The van der Waals surface area contributed by atoms with Crippen molar-refractivity contribution < 1.29 is 13.6 Å². The standard InChI is InChI=1S/C14H17F2NO/c1-3-4-14(18)17(2)13-8-11(13)10-7-9(15)5-6-12(10)16/h5-7,11,13H,3-4,8H2,1-2H3. The van der Waals surface area contributed by atoms with Gasteiger partial charge < -0.3 is 4.90 Å². The number of hydrogen-bond acceptors (Lipinski definition) is 1. The van der Waals surface area contributed by atoms with Crippen LogP contribution in [0.1, 0.15) is 37.7 Å². The molecule has 1 aromatic carbocycles. The summed E-state index contributed by atoms with van der Waals surface area (Å²) in [4.78, 5) is 13.4. The second kappa shape index (κ2) is 5.04. The van der Waals surface area contributed by atoms with Gasteiger partial charge in [0.25, 0.3) is 0 Å². The van der Waals surface area contributed by atoms with E-state index in [4.69, 9.17) is 0 Å². The highest BCUT2D eigenvalue weighted by Gasteiger charge is 2.44. The molecule has 4 heteroatoms. The molecule has 1 amide bonds. The van der Waals surface area contributed by atoms with Gasteiger partial charge in [-0.2, -0.15) is 0 Å². The molecule has 1 aromatic rings. The number of hydrogen-bond donors (Lipinski definition) is 0. The van der Waals surface area contributed by atoms with E-state index in [1.165, 1.54) is 6.07 Å². The second-order valence-corrected chi connectivity index (χ2v) is 4.83. The maximum absolute atomic E-state index is 13.6. The molecule has 1 fully saturated rings. The van der Waals surface area contributed by atoms with Crippen LogP contribution < -0.4 is 0 Å². The summed E-state index contributed by atoms with van der Waals surface area (Å²) in [7, 11) is 1.74. The molecule has 0 saturated heterocycles. The summed E-state index contributed by atoms with van der Waals surface area (Å²) in [5, 5.41) is 0. The Kier molecular flexibility index (Phi) is 3.64. The molecule has 1 aliphatic rings. The predicted octanol–water partition coefficient (Wildman–Crippen LogP) is 3.08. The van der Waals surface area contributed by atoms with Gasteiger partial charge >= 0.3 is 0 Å². The third-order valence-corrected chi connectivity index (χ3v) is 3.47. The number of carbonyl (C=O) groups is 1. The maximum Gasteiger partial charge on any atom is 0.222 e. The highest BCUT2D eigenvalue weighted by molar-refractivity contribution is 5.76. The van der Waals surface area contributed by atoms with Crippen molar-refractivity contribution in [3.05, 3.63) is 35.4 Å². The largest absolute Gasteiger partial charge is 0.342 e. The van der Waals surface area contributed by atoms with E-state index in [1.807, 2.05) is 6.92 Å². The Morgan fingerprint density at radius 2 is 2.17 bits per heavy atom. The molecule has 2 unspecified atom stereocenters. The van der Waals surface area contributed by atoms with E-state index in [0.29, 0.717) is 18.4 Å². The summed E-state index contributed by atoms with van der Waals surface area (Å²) in [6, 6.07) is 3.51. The lowest BCUT2D eigenvalue weighted by atomic mass is 10.1.